The highest BCUT2D eigenvalue weighted by Crippen LogP contribution is 2.16. The van der Waals surface area contributed by atoms with Crippen LogP contribution in [0.4, 0.5) is 0 Å². The Morgan fingerprint density at radius 2 is 0.557 bits per heavy atom. The molecule has 6 heteroatoms. The summed E-state index contributed by atoms with van der Waals surface area (Å²) in [7, 11) is 0. The maximum absolute atomic E-state index is 12.9. The molecule has 0 amide bonds. The highest BCUT2D eigenvalue weighted by Gasteiger charge is 2.19. The summed E-state index contributed by atoms with van der Waals surface area (Å²) in [6, 6.07) is 0. The lowest BCUT2D eigenvalue weighted by Crippen LogP contribution is -2.30. The van der Waals surface area contributed by atoms with Crippen molar-refractivity contribution in [3.8, 4) is 0 Å². The third-order valence-electron chi connectivity index (χ3n) is 13.3. The molecule has 0 aliphatic heterocycles. The minimum Gasteiger partial charge on any atom is -0.462 e. The average molecular weight is 980 g/mol. The number of esters is 3. The van der Waals surface area contributed by atoms with Gasteiger partial charge in [0.25, 0.3) is 0 Å². The molecule has 0 aromatic heterocycles. The third-order valence-corrected chi connectivity index (χ3v) is 13.3. The SMILES string of the molecule is CC/C=C\C/C=C\C/C=C\C/C=C\CCCCCCCCCCC(=O)OCC(COC(=O)CCCCCCCCCCCCCCC)OC(=O)CCCCCCCCC/C=C\CCCCCCCCC. The van der Waals surface area contributed by atoms with Gasteiger partial charge in [0.05, 0.1) is 0 Å². The van der Waals surface area contributed by atoms with Crippen LogP contribution >= 0.6 is 0 Å². The number of ether oxygens (including phenoxy) is 3. The van der Waals surface area contributed by atoms with Crippen molar-refractivity contribution in [2.24, 2.45) is 0 Å². The molecule has 0 saturated carbocycles. The van der Waals surface area contributed by atoms with Gasteiger partial charge in [-0.2, -0.15) is 0 Å². The van der Waals surface area contributed by atoms with Gasteiger partial charge in [-0.05, 0) is 83.5 Å². The van der Waals surface area contributed by atoms with E-state index in [1.165, 1.54) is 180 Å². The molecule has 0 fully saturated rings. The number of carbonyl (C=O) groups excluding carboxylic acids is 3. The molecule has 6 nitrogen and oxygen atoms in total. The highest BCUT2D eigenvalue weighted by molar-refractivity contribution is 5.71. The van der Waals surface area contributed by atoms with Crippen molar-refractivity contribution >= 4 is 17.9 Å². The largest absolute Gasteiger partial charge is 0.462 e. The molecule has 406 valence electrons. The van der Waals surface area contributed by atoms with Gasteiger partial charge in [-0.1, -0.05) is 268 Å². The lowest BCUT2D eigenvalue weighted by Gasteiger charge is -2.18. The van der Waals surface area contributed by atoms with Crippen LogP contribution in [-0.4, -0.2) is 37.2 Å². The summed E-state index contributed by atoms with van der Waals surface area (Å²) < 4.78 is 16.9. The van der Waals surface area contributed by atoms with E-state index in [0.717, 1.165) is 89.9 Å². The second kappa shape index (κ2) is 58.7. The quantitative estimate of drug-likeness (QED) is 0.0261. The fraction of sp³-hybridized carbons (Fsp3) is 0.797. The molecule has 0 rings (SSSR count). The molecule has 70 heavy (non-hydrogen) atoms. The van der Waals surface area contributed by atoms with E-state index < -0.39 is 6.10 Å². The Hall–Kier alpha value is -2.89. The van der Waals surface area contributed by atoms with Crippen molar-refractivity contribution in [1.29, 1.82) is 0 Å². The molecule has 0 radical (unpaired) electrons. The standard InChI is InChI=1S/C64H114O6/c1-4-7-10-13-16-19-22-25-27-29-31-32-33-35-36-39-42-45-48-51-54-57-63(66)69-60-61(59-68-62(65)56-53-50-47-44-41-38-24-21-18-15-12-9-6-3)70-64(67)58-55-52-49-46-43-40-37-34-30-28-26-23-20-17-14-11-8-5-2/h7,10,16,19,25,27-28,30-32,61H,4-6,8-9,11-15,17-18,20-24,26,29,33-60H2,1-3H3/b10-7-,19-16-,27-25-,30-28-,32-31-. The van der Waals surface area contributed by atoms with E-state index in [1.807, 2.05) is 0 Å². The molecular weight excluding hydrogens is 865 g/mol. The minimum absolute atomic E-state index is 0.0753. The Balaban J connectivity index is 4.35. The molecule has 0 aromatic rings. The van der Waals surface area contributed by atoms with E-state index in [1.54, 1.807) is 0 Å². The molecule has 0 aliphatic rings. The Morgan fingerprint density at radius 3 is 0.886 bits per heavy atom. The average Bonchev–Trinajstić information content (AvgIpc) is 3.36. The summed E-state index contributed by atoms with van der Waals surface area (Å²) in [5.41, 5.74) is 0. The molecular formula is C64H114O6. The zero-order valence-electron chi connectivity index (χ0n) is 46.5. The van der Waals surface area contributed by atoms with Gasteiger partial charge in [-0.15, -0.1) is 0 Å². The zero-order chi connectivity index (χ0) is 50.7. The van der Waals surface area contributed by atoms with E-state index in [0.29, 0.717) is 19.3 Å². The molecule has 0 saturated heterocycles. The van der Waals surface area contributed by atoms with E-state index in [4.69, 9.17) is 14.2 Å². The summed E-state index contributed by atoms with van der Waals surface area (Å²) in [4.78, 5) is 38.2. The van der Waals surface area contributed by atoms with Crippen LogP contribution in [0.3, 0.4) is 0 Å². The van der Waals surface area contributed by atoms with E-state index >= 15 is 0 Å². The molecule has 1 unspecified atom stereocenters. The van der Waals surface area contributed by atoms with Crippen molar-refractivity contribution in [3.63, 3.8) is 0 Å². The van der Waals surface area contributed by atoms with Crippen LogP contribution in [0, 0.1) is 0 Å². The van der Waals surface area contributed by atoms with Crippen LogP contribution in [0.15, 0.2) is 60.8 Å². The molecule has 0 N–H and O–H groups in total. The fourth-order valence-electron chi connectivity index (χ4n) is 8.72. The van der Waals surface area contributed by atoms with Crippen LogP contribution in [0.2, 0.25) is 0 Å². The van der Waals surface area contributed by atoms with Gasteiger partial charge in [0.1, 0.15) is 13.2 Å². The summed E-state index contributed by atoms with van der Waals surface area (Å²) >= 11 is 0. The molecule has 0 heterocycles. The van der Waals surface area contributed by atoms with Crippen molar-refractivity contribution < 1.29 is 28.6 Å². The maximum Gasteiger partial charge on any atom is 0.306 e. The normalized spacial score (nSPS) is 12.4. The van der Waals surface area contributed by atoms with Crippen molar-refractivity contribution in [2.75, 3.05) is 13.2 Å². The maximum atomic E-state index is 12.9. The Bertz CT molecular complexity index is 1260. The summed E-state index contributed by atoms with van der Waals surface area (Å²) in [5, 5.41) is 0. The Morgan fingerprint density at radius 1 is 0.300 bits per heavy atom. The number of carbonyl (C=O) groups is 3. The number of hydrogen-bond acceptors (Lipinski definition) is 6. The number of rotatable bonds is 55. The van der Waals surface area contributed by atoms with E-state index in [9.17, 15) is 14.4 Å². The molecule has 0 bridgehead atoms. The van der Waals surface area contributed by atoms with E-state index in [2.05, 4.69) is 81.5 Å². The Labute approximate surface area is 434 Å². The molecule has 0 aromatic carbocycles. The van der Waals surface area contributed by atoms with Gasteiger partial charge < -0.3 is 14.2 Å². The molecule has 0 spiro atoms. The topological polar surface area (TPSA) is 78.9 Å². The predicted octanol–water partition coefficient (Wildman–Crippen LogP) is 20.4. The van der Waals surface area contributed by atoms with Crippen molar-refractivity contribution in [1.82, 2.24) is 0 Å². The van der Waals surface area contributed by atoms with Crippen LogP contribution in [0.5, 0.6) is 0 Å². The number of unbranched alkanes of at least 4 members (excludes halogenated alkanes) is 34. The summed E-state index contributed by atoms with van der Waals surface area (Å²) in [5.74, 6) is -0.873. The first-order valence-electron chi connectivity index (χ1n) is 30.3. The van der Waals surface area contributed by atoms with Gasteiger partial charge in [-0.3, -0.25) is 14.4 Å². The summed E-state index contributed by atoms with van der Waals surface area (Å²) in [6.07, 6.45) is 73.5. The highest BCUT2D eigenvalue weighted by atomic mass is 16.6. The van der Waals surface area contributed by atoms with Gasteiger partial charge >= 0.3 is 17.9 Å². The van der Waals surface area contributed by atoms with Crippen LogP contribution in [0.25, 0.3) is 0 Å². The van der Waals surface area contributed by atoms with Crippen molar-refractivity contribution in [3.05, 3.63) is 60.8 Å². The van der Waals surface area contributed by atoms with Gasteiger partial charge in [0.15, 0.2) is 6.10 Å². The fourth-order valence-corrected chi connectivity index (χ4v) is 8.72. The lowest BCUT2D eigenvalue weighted by atomic mass is 10.0. The van der Waals surface area contributed by atoms with Gasteiger partial charge in [0.2, 0.25) is 0 Å². The van der Waals surface area contributed by atoms with Crippen LogP contribution in [-0.2, 0) is 28.6 Å². The lowest BCUT2D eigenvalue weighted by molar-refractivity contribution is -0.167. The monoisotopic (exact) mass is 979 g/mol. The first-order valence-corrected chi connectivity index (χ1v) is 30.3. The molecule has 0 aliphatic carbocycles. The summed E-state index contributed by atoms with van der Waals surface area (Å²) in [6.45, 7) is 6.55. The number of allylic oxidation sites excluding steroid dienone is 10. The second-order valence-electron chi connectivity index (χ2n) is 20.2. The zero-order valence-corrected chi connectivity index (χ0v) is 46.5. The van der Waals surface area contributed by atoms with E-state index in [-0.39, 0.29) is 31.1 Å². The second-order valence-corrected chi connectivity index (χ2v) is 20.2. The third kappa shape index (κ3) is 56.0. The first-order chi connectivity index (χ1) is 34.5. The van der Waals surface area contributed by atoms with Crippen molar-refractivity contribution in [2.45, 2.75) is 316 Å². The smallest absolute Gasteiger partial charge is 0.306 e. The minimum atomic E-state index is -0.778. The van der Waals surface area contributed by atoms with Gasteiger partial charge in [0, 0.05) is 19.3 Å². The van der Waals surface area contributed by atoms with Gasteiger partial charge in [-0.25, -0.2) is 0 Å². The van der Waals surface area contributed by atoms with Crippen LogP contribution < -0.4 is 0 Å². The predicted molar refractivity (Wildman–Crippen MR) is 302 cm³/mol. The van der Waals surface area contributed by atoms with Crippen LogP contribution in [0.1, 0.15) is 310 Å². The Kier molecular flexibility index (Phi) is 56.3. The molecule has 1 atom stereocenters. The number of hydrogen-bond donors (Lipinski definition) is 0. The first kappa shape index (κ1) is 67.1.